The van der Waals surface area contributed by atoms with E-state index in [9.17, 15) is 90.7 Å². The first-order chi connectivity index (χ1) is 26.7. The molecule has 0 aliphatic carbocycles. The van der Waals surface area contributed by atoms with Gasteiger partial charge < -0.3 is 95.2 Å². The number of hydrogen-bond acceptors (Lipinski definition) is 23. The zero-order valence-electron chi connectivity index (χ0n) is 27.9. The third-order valence-corrected chi connectivity index (χ3v) is 8.66. The maximum Gasteiger partial charge on any atom is 0.344 e. The predicted molar refractivity (Wildman–Crippen MR) is 175 cm³/mol. The smallest absolute Gasteiger partial charge is 0.344 e. The lowest BCUT2D eigenvalue weighted by Crippen LogP contribution is -2.62. The molecule has 4 aromatic rings. The van der Waals surface area contributed by atoms with E-state index in [0.29, 0.717) is 30.3 Å². The topological polar surface area (TPSA) is 398 Å². The Balaban J connectivity index is 1.47. The minimum Gasteiger partial charge on any atom is -0.504 e. The number of phenols is 13. The highest BCUT2D eigenvalue weighted by atomic mass is 16.7. The van der Waals surface area contributed by atoms with Gasteiger partial charge in [-0.25, -0.2) is 19.2 Å². The first-order valence-electron chi connectivity index (χ1n) is 15.6. The van der Waals surface area contributed by atoms with Gasteiger partial charge in [0.2, 0.25) is 29.3 Å². The Morgan fingerprint density at radius 3 is 1.61 bits per heavy atom. The van der Waals surface area contributed by atoms with Crippen molar-refractivity contribution in [3.63, 3.8) is 0 Å². The van der Waals surface area contributed by atoms with Crippen molar-refractivity contribution in [2.24, 2.45) is 0 Å². The quantitative estimate of drug-likeness (QED) is 0.0574. The maximum atomic E-state index is 13.9. The molecule has 2 aliphatic heterocycles. The van der Waals surface area contributed by atoms with Crippen molar-refractivity contribution >= 4 is 23.9 Å². The fourth-order valence-electron chi connectivity index (χ4n) is 5.81. The first-order valence-corrected chi connectivity index (χ1v) is 15.6. The highest BCUT2D eigenvalue weighted by Crippen LogP contribution is 2.53. The van der Waals surface area contributed by atoms with Crippen LogP contribution < -0.4 is 0 Å². The average Bonchev–Trinajstić information content (AvgIpc) is 3.18. The van der Waals surface area contributed by atoms with Crippen LogP contribution in [0.5, 0.6) is 74.7 Å². The minimum absolute atomic E-state index is 0.411. The van der Waals surface area contributed by atoms with Gasteiger partial charge >= 0.3 is 23.9 Å². The lowest BCUT2D eigenvalue weighted by molar-refractivity contribution is -0.283. The fourth-order valence-corrected chi connectivity index (χ4v) is 5.81. The summed E-state index contributed by atoms with van der Waals surface area (Å²) < 4.78 is 26.7. The molecule has 5 unspecified atom stereocenters. The van der Waals surface area contributed by atoms with Gasteiger partial charge in [-0.05, 0) is 24.3 Å². The molecule has 4 aromatic carbocycles. The maximum absolute atomic E-state index is 13.9. The summed E-state index contributed by atoms with van der Waals surface area (Å²) in [6, 6.07) is 2.53. The molecule has 0 amide bonds. The minimum atomic E-state index is -2.48. The Labute approximate surface area is 314 Å². The molecule has 0 spiro atoms. The molecule has 23 nitrogen and oxygen atoms in total. The summed E-state index contributed by atoms with van der Waals surface area (Å²) in [4.78, 5) is 53.9. The van der Waals surface area contributed by atoms with Crippen LogP contribution in [0.2, 0.25) is 0 Å². The zero-order valence-corrected chi connectivity index (χ0v) is 27.9. The van der Waals surface area contributed by atoms with Gasteiger partial charge in [0.1, 0.15) is 24.4 Å². The Bertz CT molecular complexity index is 2360. The molecule has 0 saturated carbocycles. The van der Waals surface area contributed by atoms with E-state index in [-0.39, 0.29) is 0 Å². The monoisotopic (exact) mass is 802 g/mol. The molecule has 6 rings (SSSR count). The number of esters is 4. The molecule has 2 aliphatic rings. The fraction of sp³-hybridized carbons (Fsp3) is 0.176. The second-order valence-corrected chi connectivity index (χ2v) is 12.2. The summed E-state index contributed by atoms with van der Waals surface area (Å²) in [6.45, 7) is -1.14. The lowest BCUT2D eigenvalue weighted by Gasteiger charge is -2.42. The van der Waals surface area contributed by atoms with Gasteiger partial charge in [-0.2, -0.15) is 0 Å². The number of phenolic OH excluding ortho intramolecular Hbond substituents is 13. The molecule has 1 saturated heterocycles. The average molecular weight is 803 g/mol. The molecule has 0 bridgehead atoms. The number of aliphatic hydroxyl groups excluding tert-OH is 1. The molecular weight excluding hydrogens is 776 g/mol. The van der Waals surface area contributed by atoms with Crippen LogP contribution in [-0.2, 0) is 23.7 Å². The van der Waals surface area contributed by atoms with E-state index in [4.69, 9.17) is 23.7 Å². The summed E-state index contributed by atoms with van der Waals surface area (Å²) in [5.74, 6) is -22.6. The summed E-state index contributed by atoms with van der Waals surface area (Å²) >= 11 is 0. The van der Waals surface area contributed by atoms with E-state index in [2.05, 4.69) is 0 Å². The van der Waals surface area contributed by atoms with Crippen LogP contribution in [0, 0.1) is 0 Å². The van der Waals surface area contributed by atoms with Crippen molar-refractivity contribution in [2.45, 2.75) is 30.7 Å². The van der Waals surface area contributed by atoms with E-state index >= 15 is 0 Å². The molecule has 23 heteroatoms. The van der Waals surface area contributed by atoms with Crippen LogP contribution in [0.15, 0.2) is 30.3 Å². The van der Waals surface area contributed by atoms with Gasteiger partial charge in [0.25, 0.3) is 0 Å². The summed E-state index contributed by atoms with van der Waals surface area (Å²) in [6.07, 6.45) is -11.5. The van der Waals surface area contributed by atoms with Crippen molar-refractivity contribution in [1.82, 2.24) is 0 Å². The van der Waals surface area contributed by atoms with Crippen LogP contribution in [0.1, 0.15) is 41.4 Å². The van der Waals surface area contributed by atoms with Crippen molar-refractivity contribution in [3.8, 4) is 85.9 Å². The van der Waals surface area contributed by atoms with Crippen LogP contribution in [0.25, 0.3) is 11.1 Å². The number of ether oxygens (including phenoxy) is 5. The summed E-state index contributed by atoms with van der Waals surface area (Å²) in [5, 5.41) is 144. The SMILES string of the molecule is O=C(OC1C(OC(=O)c2cc(O)c(O)c(O)c2O)OC2COC(=O)c3cc(O)c(O)c(O)c3-c3c(cc(O)c(O)c3O)C(=O)OC2C1O)c1cc(O)c(O)c(O)c1. The summed E-state index contributed by atoms with van der Waals surface area (Å²) in [7, 11) is 0. The summed E-state index contributed by atoms with van der Waals surface area (Å²) in [5.41, 5.74) is -5.71. The van der Waals surface area contributed by atoms with E-state index in [1.807, 2.05) is 0 Å². The predicted octanol–water partition coefficient (Wildman–Crippen LogP) is 0.391. The number of benzene rings is 4. The van der Waals surface area contributed by atoms with Crippen LogP contribution in [0.4, 0.5) is 0 Å². The Morgan fingerprint density at radius 2 is 1.05 bits per heavy atom. The van der Waals surface area contributed by atoms with E-state index in [1.54, 1.807) is 0 Å². The van der Waals surface area contributed by atoms with E-state index in [1.165, 1.54) is 0 Å². The number of cyclic esters (lactones) is 1. The van der Waals surface area contributed by atoms with Gasteiger partial charge in [0.15, 0.2) is 64.0 Å². The molecule has 0 radical (unpaired) electrons. The Morgan fingerprint density at radius 1 is 0.561 bits per heavy atom. The molecule has 300 valence electrons. The van der Waals surface area contributed by atoms with Crippen molar-refractivity contribution in [1.29, 1.82) is 0 Å². The Hall–Kier alpha value is -7.92. The van der Waals surface area contributed by atoms with Gasteiger partial charge in [-0.1, -0.05) is 0 Å². The number of aromatic hydroxyl groups is 13. The molecule has 14 N–H and O–H groups in total. The second kappa shape index (κ2) is 14.1. The third kappa shape index (κ3) is 6.53. The first kappa shape index (κ1) is 38.8. The van der Waals surface area contributed by atoms with E-state index in [0.717, 1.165) is 0 Å². The van der Waals surface area contributed by atoms with Crippen molar-refractivity contribution in [2.75, 3.05) is 6.61 Å². The molecule has 57 heavy (non-hydrogen) atoms. The molecule has 5 atom stereocenters. The molecule has 0 aromatic heterocycles. The van der Waals surface area contributed by atoms with Crippen molar-refractivity contribution in [3.05, 3.63) is 52.6 Å². The highest BCUT2D eigenvalue weighted by Gasteiger charge is 2.53. The standard InChI is InChI=1S/C34H26O23/c35-11-1-7(2-12(36)20(11)41)30(49)56-29-27(48)28-16(54-34(29)57-33(52)10-5-15(39)23(44)26(47)19(10)40)6-53-31(50)8-3-13(37)21(42)24(45)17(8)18-9(32(51)55-28)4-14(38)22(43)25(18)46/h1-5,16,27-29,34-48H,6H2. The molecule has 1 fully saturated rings. The van der Waals surface area contributed by atoms with Crippen LogP contribution in [0.3, 0.4) is 0 Å². The Kier molecular flexibility index (Phi) is 9.57. The van der Waals surface area contributed by atoms with E-state index < -0.39 is 169 Å². The molecule has 2 heterocycles. The second-order valence-electron chi connectivity index (χ2n) is 12.2. The largest absolute Gasteiger partial charge is 0.504 e. The van der Waals surface area contributed by atoms with Crippen LogP contribution >= 0.6 is 0 Å². The zero-order chi connectivity index (χ0) is 41.9. The van der Waals surface area contributed by atoms with Gasteiger partial charge in [0.05, 0.1) is 16.7 Å². The van der Waals surface area contributed by atoms with Gasteiger partial charge in [-0.3, -0.25) is 0 Å². The number of hydrogen-bond donors (Lipinski definition) is 14. The molecular formula is C34H26O23. The highest BCUT2D eigenvalue weighted by molar-refractivity contribution is 6.08. The number of fused-ring (bicyclic) bond motifs is 4. The van der Waals surface area contributed by atoms with Crippen LogP contribution in [-0.4, -0.2) is 133 Å². The number of carbonyl (C=O) groups is 4. The van der Waals surface area contributed by atoms with Gasteiger partial charge in [0, 0.05) is 17.2 Å². The number of aliphatic hydroxyl groups is 1. The number of carbonyl (C=O) groups excluding carboxylic acids is 4. The van der Waals surface area contributed by atoms with Crippen molar-refractivity contribution < 1.29 is 114 Å². The third-order valence-electron chi connectivity index (χ3n) is 8.66. The number of rotatable bonds is 4. The lowest BCUT2D eigenvalue weighted by atomic mass is 9.92. The van der Waals surface area contributed by atoms with Gasteiger partial charge in [-0.15, -0.1) is 0 Å². The normalized spacial score (nSPS) is 20.4.